The summed E-state index contributed by atoms with van der Waals surface area (Å²) in [6, 6.07) is 0.650. The lowest BCUT2D eigenvalue weighted by atomic mass is 9.56. The fraction of sp³-hybridized carbons (Fsp3) is 0.950. The highest BCUT2D eigenvalue weighted by Gasteiger charge is 2.52. The topological polar surface area (TPSA) is 86.3 Å². The van der Waals surface area contributed by atoms with Crippen LogP contribution in [0.1, 0.15) is 38.5 Å². The summed E-state index contributed by atoms with van der Waals surface area (Å²) < 4.78 is 21.6. The van der Waals surface area contributed by atoms with Gasteiger partial charge in [-0.3, -0.25) is 0 Å². The summed E-state index contributed by atoms with van der Waals surface area (Å²) in [6.45, 7) is 1.37. The number of hydrogen-bond donors (Lipinski definition) is 2. The molecular weight excluding hydrogens is 378 g/mol. The van der Waals surface area contributed by atoms with Gasteiger partial charge < -0.3 is 28.4 Å². The number of carbonyl (C=O) groups excluding carboxylic acids is 1. The van der Waals surface area contributed by atoms with Crippen LogP contribution in [0, 0.1) is 35.5 Å². The second kappa shape index (κ2) is 9.89. The maximum Gasteiger partial charge on any atom is 0.500 e. The van der Waals surface area contributed by atoms with Crippen LogP contribution < -0.4 is 5.32 Å². The standard InChI is InChI=1S/C20H37NO6Si/c1-24-28(25-2,26-3)8-4-7-21-20(23)27-13-14-9-18-15-5-6-17(19(18)10-14)16(11-15)12-22/h14-19,22H,4-13H2,1-3H3,(H,21,23). The summed E-state index contributed by atoms with van der Waals surface area (Å²) >= 11 is 0. The average molecular weight is 416 g/mol. The van der Waals surface area contributed by atoms with E-state index in [9.17, 15) is 9.90 Å². The molecule has 2 bridgehead atoms. The Bertz CT molecular complexity index is 509. The third kappa shape index (κ3) is 4.72. The van der Waals surface area contributed by atoms with Gasteiger partial charge in [-0.05, 0) is 74.0 Å². The van der Waals surface area contributed by atoms with Gasteiger partial charge in [-0.15, -0.1) is 0 Å². The zero-order valence-electron chi connectivity index (χ0n) is 17.5. The van der Waals surface area contributed by atoms with E-state index in [1.165, 1.54) is 25.7 Å². The Morgan fingerprint density at radius 2 is 1.75 bits per heavy atom. The lowest BCUT2D eigenvalue weighted by Gasteiger charge is -2.50. The van der Waals surface area contributed by atoms with Gasteiger partial charge in [0, 0.05) is 40.5 Å². The minimum absolute atomic E-state index is 0.341. The van der Waals surface area contributed by atoms with Crippen LogP contribution in [0.4, 0.5) is 4.79 Å². The van der Waals surface area contributed by atoms with Gasteiger partial charge in [0.1, 0.15) is 0 Å². The molecule has 4 rings (SSSR count). The quantitative estimate of drug-likeness (QED) is 0.421. The molecule has 0 aromatic heterocycles. The van der Waals surface area contributed by atoms with Crippen molar-refractivity contribution in [2.24, 2.45) is 35.5 Å². The van der Waals surface area contributed by atoms with Gasteiger partial charge in [0.15, 0.2) is 0 Å². The van der Waals surface area contributed by atoms with Crippen molar-refractivity contribution in [3.05, 3.63) is 0 Å². The van der Waals surface area contributed by atoms with Gasteiger partial charge in [-0.25, -0.2) is 4.79 Å². The van der Waals surface area contributed by atoms with Crippen molar-refractivity contribution in [3.63, 3.8) is 0 Å². The van der Waals surface area contributed by atoms with Gasteiger partial charge >= 0.3 is 14.9 Å². The molecule has 8 heteroatoms. The van der Waals surface area contributed by atoms with Crippen LogP contribution in [0.15, 0.2) is 0 Å². The number of fused-ring (bicyclic) bond motifs is 2. The number of carbonyl (C=O) groups is 1. The summed E-state index contributed by atoms with van der Waals surface area (Å²) in [7, 11) is 2.20. The Labute approximate surface area is 169 Å². The van der Waals surface area contributed by atoms with Crippen LogP contribution >= 0.6 is 0 Å². The molecule has 0 saturated heterocycles. The van der Waals surface area contributed by atoms with Gasteiger partial charge in [-0.1, -0.05) is 0 Å². The van der Waals surface area contributed by atoms with E-state index in [1.807, 2.05) is 0 Å². The fourth-order valence-electron chi connectivity index (χ4n) is 6.17. The second-order valence-electron chi connectivity index (χ2n) is 8.77. The number of alkyl carbamates (subject to hydrolysis) is 1. The van der Waals surface area contributed by atoms with Crippen LogP contribution in [0.25, 0.3) is 0 Å². The highest BCUT2D eigenvalue weighted by Crippen LogP contribution is 2.58. The van der Waals surface area contributed by atoms with E-state index in [0.717, 1.165) is 30.6 Å². The van der Waals surface area contributed by atoms with Crippen LogP contribution in [0.5, 0.6) is 0 Å². The molecule has 0 spiro atoms. The van der Waals surface area contributed by atoms with Crippen molar-refractivity contribution >= 4 is 14.9 Å². The monoisotopic (exact) mass is 415 g/mol. The molecule has 0 radical (unpaired) electrons. The fourth-order valence-corrected chi connectivity index (χ4v) is 7.89. The molecule has 4 saturated carbocycles. The number of rotatable bonds is 10. The van der Waals surface area contributed by atoms with E-state index < -0.39 is 8.80 Å². The van der Waals surface area contributed by atoms with E-state index in [2.05, 4.69) is 5.32 Å². The second-order valence-corrected chi connectivity index (χ2v) is 11.9. The Balaban J connectivity index is 1.35. The first-order valence-electron chi connectivity index (χ1n) is 10.7. The van der Waals surface area contributed by atoms with Gasteiger partial charge in [-0.2, -0.15) is 0 Å². The maximum atomic E-state index is 12.0. The predicted molar refractivity (Wildman–Crippen MR) is 107 cm³/mol. The molecule has 0 aromatic rings. The molecule has 6 atom stereocenters. The van der Waals surface area contributed by atoms with Gasteiger partial charge in [0.25, 0.3) is 0 Å². The first-order chi connectivity index (χ1) is 13.6. The van der Waals surface area contributed by atoms with Crippen molar-refractivity contribution in [1.29, 1.82) is 0 Å². The average Bonchev–Trinajstić information content (AvgIpc) is 3.19. The smallest absolute Gasteiger partial charge is 0.449 e. The first kappa shape index (κ1) is 22.0. The predicted octanol–water partition coefficient (Wildman–Crippen LogP) is 2.66. The molecule has 4 aliphatic carbocycles. The van der Waals surface area contributed by atoms with E-state index in [1.54, 1.807) is 21.3 Å². The molecule has 2 N–H and O–H groups in total. The van der Waals surface area contributed by atoms with E-state index in [0.29, 0.717) is 43.6 Å². The van der Waals surface area contributed by atoms with Gasteiger partial charge in [0.05, 0.1) is 6.61 Å². The third-order valence-corrected chi connectivity index (χ3v) is 10.4. The van der Waals surface area contributed by atoms with E-state index >= 15 is 0 Å². The number of aliphatic hydroxyl groups excluding tert-OH is 1. The highest BCUT2D eigenvalue weighted by molar-refractivity contribution is 6.60. The lowest BCUT2D eigenvalue weighted by molar-refractivity contribution is -0.0288. The van der Waals surface area contributed by atoms with Crippen LogP contribution in [0.2, 0.25) is 6.04 Å². The van der Waals surface area contributed by atoms with Crippen molar-refractivity contribution in [1.82, 2.24) is 5.32 Å². The Kier molecular flexibility index (Phi) is 7.78. The summed E-state index contributed by atoms with van der Waals surface area (Å²) in [4.78, 5) is 12.0. The van der Waals surface area contributed by atoms with Crippen molar-refractivity contribution in [2.45, 2.75) is 44.6 Å². The maximum absolute atomic E-state index is 12.0. The molecule has 0 heterocycles. The van der Waals surface area contributed by atoms with Crippen LogP contribution in [-0.4, -0.2) is 61.1 Å². The molecule has 162 valence electrons. The number of hydrogen-bond acceptors (Lipinski definition) is 6. The number of aliphatic hydroxyl groups is 1. The van der Waals surface area contributed by atoms with E-state index in [4.69, 9.17) is 18.0 Å². The Morgan fingerprint density at radius 1 is 1.04 bits per heavy atom. The first-order valence-corrected chi connectivity index (χ1v) is 12.7. The minimum atomic E-state index is -2.57. The van der Waals surface area contributed by atoms with Crippen molar-refractivity contribution in [3.8, 4) is 0 Å². The number of nitrogens with one attached hydrogen (secondary N) is 1. The molecule has 6 unspecified atom stereocenters. The normalized spacial score (nSPS) is 34.3. The van der Waals surface area contributed by atoms with Crippen molar-refractivity contribution < 1.29 is 27.9 Å². The zero-order valence-corrected chi connectivity index (χ0v) is 18.5. The Morgan fingerprint density at radius 3 is 2.43 bits per heavy atom. The van der Waals surface area contributed by atoms with Crippen LogP contribution in [0.3, 0.4) is 0 Å². The summed E-state index contributed by atoms with van der Waals surface area (Å²) in [5.41, 5.74) is 0. The third-order valence-electron chi connectivity index (χ3n) is 7.54. The molecule has 7 nitrogen and oxygen atoms in total. The van der Waals surface area contributed by atoms with Crippen LogP contribution in [-0.2, 0) is 18.0 Å². The van der Waals surface area contributed by atoms with Gasteiger partial charge in [0.2, 0.25) is 0 Å². The number of amides is 1. The Hall–Kier alpha value is -0.673. The largest absolute Gasteiger partial charge is 0.500 e. The summed E-state index contributed by atoms with van der Waals surface area (Å²) in [6.07, 6.45) is 6.51. The molecule has 28 heavy (non-hydrogen) atoms. The minimum Gasteiger partial charge on any atom is -0.449 e. The molecule has 4 aliphatic rings. The zero-order chi connectivity index (χ0) is 20.1. The SMILES string of the molecule is CO[Si](CCCNC(=O)OCC1CC2C3CCC(C(CO)C3)C2C1)(OC)OC. The molecule has 0 aromatic carbocycles. The van der Waals surface area contributed by atoms with Crippen molar-refractivity contribution in [2.75, 3.05) is 41.1 Å². The molecule has 1 amide bonds. The number of ether oxygens (including phenoxy) is 1. The van der Waals surface area contributed by atoms with E-state index in [-0.39, 0.29) is 6.09 Å². The molecule has 0 aliphatic heterocycles. The lowest BCUT2D eigenvalue weighted by Crippen LogP contribution is -2.43. The summed E-state index contributed by atoms with van der Waals surface area (Å²) in [5, 5.41) is 12.5. The molecular formula is C20H37NO6Si. The molecule has 4 fully saturated rings. The summed E-state index contributed by atoms with van der Waals surface area (Å²) in [5.74, 6) is 3.95. The highest BCUT2D eigenvalue weighted by atomic mass is 28.4.